The van der Waals surface area contributed by atoms with Gasteiger partial charge in [-0.15, -0.1) is 0 Å². The van der Waals surface area contributed by atoms with Crippen molar-refractivity contribution >= 4 is 5.97 Å². The van der Waals surface area contributed by atoms with Crippen LogP contribution in [0.3, 0.4) is 0 Å². The predicted octanol–water partition coefficient (Wildman–Crippen LogP) is 6.14. The first-order valence-corrected chi connectivity index (χ1v) is 14.1. The molecule has 0 N–H and O–H groups in total. The van der Waals surface area contributed by atoms with Gasteiger partial charge in [-0.1, -0.05) is 91.0 Å². The van der Waals surface area contributed by atoms with Gasteiger partial charge in [-0.25, -0.2) is 4.79 Å². The number of nitrogens with zero attached hydrogens (tertiary/aromatic N) is 1. The van der Waals surface area contributed by atoms with Gasteiger partial charge in [0.15, 0.2) is 6.29 Å². The Balaban J connectivity index is 1.37. The molecule has 0 aromatic heterocycles. The zero-order valence-electron chi connectivity index (χ0n) is 22.2. The largest absolute Gasteiger partial charge is 0.459 e. The average Bonchev–Trinajstić information content (AvgIpc) is 3.52. The minimum absolute atomic E-state index is 0.0996. The molecule has 3 unspecified atom stereocenters. The summed E-state index contributed by atoms with van der Waals surface area (Å²) >= 11 is 0. The van der Waals surface area contributed by atoms with Crippen LogP contribution in [-0.2, 0) is 24.6 Å². The van der Waals surface area contributed by atoms with E-state index in [1.54, 1.807) is 7.11 Å². The fourth-order valence-corrected chi connectivity index (χ4v) is 7.50. The maximum absolute atomic E-state index is 14.6. The van der Waals surface area contributed by atoms with Crippen LogP contribution in [0.15, 0.2) is 91.0 Å². The summed E-state index contributed by atoms with van der Waals surface area (Å²) in [5, 5.41) is 0. The smallest absolute Gasteiger partial charge is 0.348 e. The van der Waals surface area contributed by atoms with E-state index in [0.717, 1.165) is 29.5 Å². The molecule has 5 nitrogen and oxygen atoms in total. The van der Waals surface area contributed by atoms with Gasteiger partial charge in [-0.05, 0) is 11.1 Å². The van der Waals surface area contributed by atoms with Crippen molar-refractivity contribution in [2.24, 2.45) is 0 Å². The maximum Gasteiger partial charge on any atom is 0.348 e. The molecule has 3 saturated heterocycles. The van der Waals surface area contributed by atoms with E-state index < -0.39 is 11.9 Å². The molecule has 3 aromatic carbocycles. The molecule has 3 fully saturated rings. The summed E-state index contributed by atoms with van der Waals surface area (Å²) < 4.78 is 20.4. The number of hydrogen-bond acceptors (Lipinski definition) is 4. The zero-order chi connectivity index (χ0) is 26.0. The van der Waals surface area contributed by atoms with Crippen molar-refractivity contribution in [3.63, 3.8) is 0 Å². The number of carbonyl (C=O) groups is 1. The van der Waals surface area contributed by atoms with E-state index in [2.05, 4.69) is 0 Å². The van der Waals surface area contributed by atoms with Crippen LogP contribution in [0.25, 0.3) is 0 Å². The Morgan fingerprint density at radius 3 is 1.79 bits per heavy atom. The van der Waals surface area contributed by atoms with Gasteiger partial charge in [0, 0.05) is 51.2 Å². The number of hydrogen-bond donors (Lipinski definition) is 0. The molecule has 1 spiro atoms. The van der Waals surface area contributed by atoms with Gasteiger partial charge in [0.2, 0.25) is 5.60 Å². The van der Waals surface area contributed by atoms with Gasteiger partial charge in [0.1, 0.15) is 6.10 Å². The first kappa shape index (κ1) is 25.3. The lowest BCUT2D eigenvalue weighted by atomic mass is 9.85. The molecular weight excluding hydrogens is 474 g/mol. The molecule has 0 aliphatic carbocycles. The summed E-state index contributed by atoms with van der Waals surface area (Å²) in [5.41, 5.74) is 0.831. The first-order chi connectivity index (χ1) is 18.7. The van der Waals surface area contributed by atoms with E-state index in [1.807, 2.05) is 91.0 Å². The van der Waals surface area contributed by atoms with Crippen molar-refractivity contribution in [3.05, 3.63) is 108 Å². The summed E-state index contributed by atoms with van der Waals surface area (Å²) in [6.07, 6.45) is 6.17. The van der Waals surface area contributed by atoms with Gasteiger partial charge >= 0.3 is 5.97 Å². The Hall–Kier alpha value is -2.99. The number of ether oxygens (including phenoxy) is 3. The number of rotatable bonds is 8. The number of esters is 1. The number of piperidine rings is 1. The highest BCUT2D eigenvalue weighted by molar-refractivity contribution is 5.86. The Morgan fingerprint density at radius 2 is 1.29 bits per heavy atom. The molecule has 0 radical (unpaired) electrons. The van der Waals surface area contributed by atoms with Gasteiger partial charge < -0.3 is 18.7 Å². The van der Waals surface area contributed by atoms with E-state index in [0.29, 0.717) is 12.1 Å². The fraction of sp³-hybridized carbons (Fsp3) is 0.424. The van der Waals surface area contributed by atoms with Crippen LogP contribution in [0.2, 0.25) is 0 Å². The monoisotopic (exact) mass is 512 g/mol. The fourth-order valence-electron chi connectivity index (χ4n) is 7.50. The molecule has 3 aliphatic heterocycles. The van der Waals surface area contributed by atoms with E-state index in [-0.39, 0.29) is 12.1 Å². The highest BCUT2D eigenvalue weighted by Crippen LogP contribution is 2.47. The topological polar surface area (TPSA) is 44.8 Å². The average molecular weight is 513 g/mol. The van der Waals surface area contributed by atoms with E-state index in [4.69, 9.17) is 14.2 Å². The minimum Gasteiger partial charge on any atom is -0.459 e. The van der Waals surface area contributed by atoms with Crippen molar-refractivity contribution in [2.75, 3.05) is 20.2 Å². The number of quaternary nitrogens is 1. The van der Waals surface area contributed by atoms with Crippen molar-refractivity contribution < 1.29 is 23.5 Å². The lowest BCUT2D eigenvalue weighted by molar-refractivity contribution is -0.956. The molecule has 3 heterocycles. The molecule has 3 aromatic rings. The molecular formula is C33H38NO4+. The Morgan fingerprint density at radius 1 is 0.789 bits per heavy atom. The molecule has 3 atom stereocenters. The molecule has 198 valence electrons. The number of methoxy groups -OCH3 is 1. The molecule has 2 bridgehead atoms. The lowest BCUT2D eigenvalue weighted by Crippen LogP contribution is -2.60. The number of carbonyl (C=O) groups excluding carboxylic acids is 1. The van der Waals surface area contributed by atoms with Crippen LogP contribution >= 0.6 is 0 Å². The van der Waals surface area contributed by atoms with Gasteiger partial charge in [-0.3, -0.25) is 0 Å². The SMILES string of the molecule is COC(OC(C(=O)OC1CC2CCC(C1)[N+]21CCCC1)(c1ccccc1)c1ccccc1)c1ccccc1. The van der Waals surface area contributed by atoms with Crippen LogP contribution in [0.5, 0.6) is 0 Å². The molecule has 38 heavy (non-hydrogen) atoms. The first-order valence-electron chi connectivity index (χ1n) is 14.1. The van der Waals surface area contributed by atoms with Crippen molar-refractivity contribution in [3.8, 4) is 0 Å². The van der Waals surface area contributed by atoms with Gasteiger partial charge in [-0.2, -0.15) is 0 Å². The quantitative estimate of drug-likeness (QED) is 0.207. The Bertz CT molecular complexity index is 1150. The van der Waals surface area contributed by atoms with Gasteiger partial charge in [0.05, 0.1) is 25.2 Å². The van der Waals surface area contributed by atoms with Crippen LogP contribution in [-0.4, -0.2) is 48.8 Å². The summed E-state index contributed by atoms with van der Waals surface area (Å²) in [6, 6.07) is 30.4. The standard InChI is InChI=1S/C33H38NO4/c1-36-31(25-13-5-2-6-14-25)38-33(26-15-7-3-8-16-26,27-17-9-4-10-18-27)32(35)37-30-23-28-19-20-29(24-30)34(28)21-11-12-22-34/h2-10,13-18,28-31H,11-12,19-24H2,1H3/q+1. The second-order valence-corrected chi connectivity index (χ2v) is 11.2. The highest BCUT2D eigenvalue weighted by atomic mass is 16.7. The second-order valence-electron chi connectivity index (χ2n) is 11.2. The van der Waals surface area contributed by atoms with Crippen molar-refractivity contribution in [1.82, 2.24) is 0 Å². The van der Waals surface area contributed by atoms with Crippen LogP contribution < -0.4 is 0 Å². The molecule has 6 rings (SSSR count). The third-order valence-corrected chi connectivity index (χ3v) is 9.25. The molecule has 5 heteroatoms. The van der Waals surface area contributed by atoms with Crippen LogP contribution in [0, 0.1) is 0 Å². The number of benzene rings is 3. The van der Waals surface area contributed by atoms with Crippen molar-refractivity contribution in [2.45, 2.75) is 68.6 Å². The molecule has 0 saturated carbocycles. The summed E-state index contributed by atoms with van der Waals surface area (Å²) in [7, 11) is 1.61. The van der Waals surface area contributed by atoms with Crippen LogP contribution in [0.1, 0.15) is 61.5 Å². The lowest BCUT2D eigenvalue weighted by Gasteiger charge is -2.47. The van der Waals surface area contributed by atoms with E-state index >= 15 is 0 Å². The molecule has 0 amide bonds. The highest BCUT2D eigenvalue weighted by Gasteiger charge is 2.57. The molecule has 3 aliphatic rings. The predicted molar refractivity (Wildman–Crippen MR) is 146 cm³/mol. The van der Waals surface area contributed by atoms with E-state index in [9.17, 15) is 4.79 Å². The Kier molecular flexibility index (Phi) is 7.08. The van der Waals surface area contributed by atoms with Crippen molar-refractivity contribution in [1.29, 1.82) is 0 Å². The third kappa shape index (κ3) is 4.37. The summed E-state index contributed by atoms with van der Waals surface area (Å²) in [4.78, 5) is 14.6. The summed E-state index contributed by atoms with van der Waals surface area (Å²) in [6.45, 7) is 2.59. The zero-order valence-corrected chi connectivity index (χ0v) is 22.2. The minimum atomic E-state index is -1.48. The van der Waals surface area contributed by atoms with Gasteiger partial charge in [0.25, 0.3) is 0 Å². The second kappa shape index (κ2) is 10.6. The third-order valence-electron chi connectivity index (χ3n) is 9.25. The van der Waals surface area contributed by atoms with Crippen LogP contribution in [0.4, 0.5) is 0 Å². The summed E-state index contributed by atoms with van der Waals surface area (Å²) in [5.74, 6) is -0.368. The Labute approximate surface area is 225 Å². The van der Waals surface area contributed by atoms with E-state index in [1.165, 1.54) is 43.3 Å². The maximum atomic E-state index is 14.6. The normalized spacial score (nSPS) is 24.8.